The highest BCUT2D eigenvalue weighted by Gasteiger charge is 2.19. The third-order valence-electron chi connectivity index (χ3n) is 4.52. The van der Waals surface area contributed by atoms with Gasteiger partial charge in [-0.25, -0.2) is 0 Å². The smallest absolute Gasteiger partial charge is 0.306 e. The van der Waals surface area contributed by atoms with E-state index in [9.17, 15) is 9.90 Å². The molecule has 1 unspecified atom stereocenters. The van der Waals surface area contributed by atoms with Crippen molar-refractivity contribution < 1.29 is 14.6 Å². The average molecular weight is 359 g/mol. The van der Waals surface area contributed by atoms with Crippen molar-refractivity contribution in [1.82, 2.24) is 15.0 Å². The Morgan fingerprint density at radius 3 is 2.85 bits per heavy atom. The summed E-state index contributed by atoms with van der Waals surface area (Å²) in [6, 6.07) is 6.02. The third-order valence-corrected chi connectivity index (χ3v) is 4.52. The Kier molecular flexibility index (Phi) is 7.78. The van der Waals surface area contributed by atoms with E-state index >= 15 is 0 Å². The summed E-state index contributed by atoms with van der Waals surface area (Å²) in [4.78, 5) is 12.0. The van der Waals surface area contributed by atoms with E-state index in [-0.39, 0.29) is 18.5 Å². The fourth-order valence-corrected chi connectivity index (χ4v) is 3.04. The summed E-state index contributed by atoms with van der Waals surface area (Å²) >= 11 is 0. The van der Waals surface area contributed by atoms with Gasteiger partial charge in [0.1, 0.15) is 0 Å². The van der Waals surface area contributed by atoms with Crippen LogP contribution in [-0.2, 0) is 29.1 Å². The van der Waals surface area contributed by atoms with Gasteiger partial charge < -0.3 is 9.84 Å². The maximum Gasteiger partial charge on any atom is 0.306 e. The monoisotopic (exact) mass is 359 g/mol. The summed E-state index contributed by atoms with van der Waals surface area (Å²) in [7, 11) is 0. The molecule has 0 radical (unpaired) electrons. The van der Waals surface area contributed by atoms with E-state index in [1.165, 1.54) is 0 Å². The van der Waals surface area contributed by atoms with Crippen LogP contribution in [0.4, 0.5) is 0 Å². The third kappa shape index (κ3) is 5.66. The maximum atomic E-state index is 12.0. The molecule has 142 valence electrons. The number of aliphatic hydroxyl groups is 1. The second-order valence-electron chi connectivity index (χ2n) is 6.56. The van der Waals surface area contributed by atoms with Gasteiger partial charge in [0.05, 0.1) is 25.3 Å². The fraction of sp³-hybridized carbons (Fsp3) is 0.550. The molecule has 26 heavy (non-hydrogen) atoms. The highest BCUT2D eigenvalue weighted by Crippen LogP contribution is 2.27. The van der Waals surface area contributed by atoms with Gasteiger partial charge in [-0.15, -0.1) is 5.10 Å². The number of esters is 1. The Morgan fingerprint density at radius 2 is 2.15 bits per heavy atom. The van der Waals surface area contributed by atoms with Crippen LogP contribution in [-0.4, -0.2) is 32.7 Å². The van der Waals surface area contributed by atoms with Gasteiger partial charge >= 0.3 is 5.97 Å². The lowest BCUT2D eigenvalue weighted by Gasteiger charge is -2.18. The Bertz CT molecular complexity index is 712. The minimum atomic E-state index is -0.196. The molecule has 6 heteroatoms. The lowest BCUT2D eigenvalue weighted by atomic mass is 9.88. The second-order valence-corrected chi connectivity index (χ2v) is 6.56. The largest absolute Gasteiger partial charge is 0.466 e. The predicted molar refractivity (Wildman–Crippen MR) is 99.7 cm³/mol. The Hall–Kier alpha value is -2.21. The molecular formula is C20H29N3O3. The van der Waals surface area contributed by atoms with Crippen molar-refractivity contribution in [2.75, 3.05) is 6.61 Å². The SMILES string of the molecule is CCCn1cc(CCC(CC(=O)OCC)c2ccc(C)c(CO)c2)nn1. The summed E-state index contributed by atoms with van der Waals surface area (Å²) in [6.07, 6.45) is 4.83. The molecule has 0 saturated carbocycles. The molecule has 0 aliphatic rings. The molecule has 1 aromatic heterocycles. The van der Waals surface area contributed by atoms with E-state index in [4.69, 9.17) is 4.74 Å². The molecular weight excluding hydrogens is 330 g/mol. The number of benzene rings is 1. The Balaban J connectivity index is 2.13. The van der Waals surface area contributed by atoms with E-state index in [0.717, 1.165) is 48.2 Å². The number of aliphatic hydroxyl groups excluding tert-OH is 1. The number of aryl methyl sites for hydroxylation is 3. The molecule has 2 aromatic rings. The first-order valence-corrected chi connectivity index (χ1v) is 9.32. The van der Waals surface area contributed by atoms with E-state index in [0.29, 0.717) is 13.0 Å². The van der Waals surface area contributed by atoms with Gasteiger partial charge in [0.2, 0.25) is 0 Å². The van der Waals surface area contributed by atoms with Gasteiger partial charge in [-0.05, 0) is 55.7 Å². The zero-order chi connectivity index (χ0) is 18.9. The fourth-order valence-electron chi connectivity index (χ4n) is 3.04. The second kappa shape index (κ2) is 10.1. The molecule has 2 rings (SSSR count). The van der Waals surface area contributed by atoms with Crippen LogP contribution < -0.4 is 0 Å². The number of carbonyl (C=O) groups is 1. The molecule has 1 heterocycles. The van der Waals surface area contributed by atoms with Gasteiger partial charge in [0.25, 0.3) is 0 Å². The van der Waals surface area contributed by atoms with Crippen LogP contribution in [0, 0.1) is 6.92 Å². The van der Waals surface area contributed by atoms with Gasteiger partial charge in [-0.2, -0.15) is 0 Å². The van der Waals surface area contributed by atoms with E-state index in [1.54, 1.807) is 0 Å². The molecule has 1 aromatic carbocycles. The van der Waals surface area contributed by atoms with Crippen LogP contribution in [0.1, 0.15) is 61.4 Å². The molecule has 1 N–H and O–H groups in total. The van der Waals surface area contributed by atoms with E-state index in [2.05, 4.69) is 17.2 Å². The first-order chi connectivity index (χ1) is 12.6. The van der Waals surface area contributed by atoms with Crippen LogP contribution in [0.3, 0.4) is 0 Å². The number of hydrogen-bond acceptors (Lipinski definition) is 5. The number of ether oxygens (including phenoxy) is 1. The van der Waals surface area contributed by atoms with Crippen molar-refractivity contribution in [2.45, 2.75) is 65.5 Å². The van der Waals surface area contributed by atoms with Crippen LogP contribution in [0.15, 0.2) is 24.4 Å². The van der Waals surface area contributed by atoms with Gasteiger partial charge in [-0.3, -0.25) is 9.48 Å². The molecule has 1 atom stereocenters. The lowest BCUT2D eigenvalue weighted by Crippen LogP contribution is -2.12. The van der Waals surface area contributed by atoms with Crippen molar-refractivity contribution in [3.63, 3.8) is 0 Å². The van der Waals surface area contributed by atoms with Gasteiger partial charge in [0.15, 0.2) is 0 Å². The van der Waals surface area contributed by atoms with Crippen molar-refractivity contribution in [2.24, 2.45) is 0 Å². The lowest BCUT2D eigenvalue weighted by molar-refractivity contribution is -0.143. The molecule has 0 spiro atoms. The highest BCUT2D eigenvalue weighted by atomic mass is 16.5. The van der Waals surface area contributed by atoms with Crippen molar-refractivity contribution in [3.05, 3.63) is 46.8 Å². The van der Waals surface area contributed by atoms with Crippen LogP contribution in [0.25, 0.3) is 0 Å². The van der Waals surface area contributed by atoms with Crippen LogP contribution in [0.2, 0.25) is 0 Å². The number of hydrogen-bond donors (Lipinski definition) is 1. The summed E-state index contributed by atoms with van der Waals surface area (Å²) in [5, 5.41) is 17.9. The standard InChI is InChI=1S/C20H29N3O3/c1-4-10-23-13-19(21-22-23)9-8-17(12-20(25)26-5-2)16-7-6-15(3)18(11-16)14-24/h6-7,11,13,17,24H,4-5,8-10,12,14H2,1-3H3. The number of nitrogens with zero attached hydrogens (tertiary/aromatic N) is 3. The van der Waals surface area contributed by atoms with Crippen LogP contribution >= 0.6 is 0 Å². The molecule has 0 bridgehead atoms. The number of rotatable bonds is 10. The summed E-state index contributed by atoms with van der Waals surface area (Å²) in [5.74, 6) is -0.172. The highest BCUT2D eigenvalue weighted by molar-refractivity contribution is 5.70. The average Bonchev–Trinajstić information content (AvgIpc) is 3.07. The normalized spacial score (nSPS) is 12.2. The van der Waals surface area contributed by atoms with E-state index in [1.807, 2.05) is 42.9 Å². The molecule has 0 aliphatic heterocycles. The molecule has 0 fully saturated rings. The topological polar surface area (TPSA) is 77.2 Å². The molecule has 6 nitrogen and oxygen atoms in total. The Morgan fingerprint density at radius 1 is 1.35 bits per heavy atom. The maximum absolute atomic E-state index is 12.0. The van der Waals surface area contributed by atoms with Crippen molar-refractivity contribution in [1.29, 1.82) is 0 Å². The van der Waals surface area contributed by atoms with Gasteiger partial charge in [-0.1, -0.05) is 30.3 Å². The minimum Gasteiger partial charge on any atom is -0.466 e. The zero-order valence-corrected chi connectivity index (χ0v) is 15.9. The van der Waals surface area contributed by atoms with Crippen molar-refractivity contribution >= 4 is 5.97 Å². The minimum absolute atomic E-state index is 0.00283. The summed E-state index contributed by atoms with van der Waals surface area (Å²) < 4.78 is 6.99. The quantitative estimate of drug-likeness (QED) is 0.659. The van der Waals surface area contributed by atoms with Crippen LogP contribution in [0.5, 0.6) is 0 Å². The summed E-state index contributed by atoms with van der Waals surface area (Å²) in [5.41, 5.74) is 3.93. The number of aromatic nitrogens is 3. The first-order valence-electron chi connectivity index (χ1n) is 9.32. The molecule has 0 aliphatic carbocycles. The molecule has 0 saturated heterocycles. The van der Waals surface area contributed by atoms with Gasteiger partial charge in [0, 0.05) is 12.7 Å². The number of carbonyl (C=O) groups excluding carboxylic acids is 1. The zero-order valence-electron chi connectivity index (χ0n) is 15.9. The van der Waals surface area contributed by atoms with E-state index < -0.39 is 0 Å². The first kappa shape index (κ1) is 20.1. The molecule has 0 amide bonds. The summed E-state index contributed by atoms with van der Waals surface area (Å²) in [6.45, 7) is 7.13. The van der Waals surface area contributed by atoms with Crippen molar-refractivity contribution in [3.8, 4) is 0 Å². The predicted octanol–water partition coefficient (Wildman–Crippen LogP) is 3.16. The Labute approximate surface area is 155 Å².